The van der Waals surface area contributed by atoms with Crippen LogP contribution >= 0.6 is 15.9 Å². The van der Waals surface area contributed by atoms with Gasteiger partial charge in [-0.05, 0) is 45.6 Å². The Morgan fingerprint density at radius 1 is 1.14 bits per heavy atom. The summed E-state index contributed by atoms with van der Waals surface area (Å²) in [6.45, 7) is 2.62. The van der Waals surface area contributed by atoms with Gasteiger partial charge in [0.05, 0.1) is 4.47 Å². The van der Waals surface area contributed by atoms with E-state index in [1.165, 1.54) is 5.56 Å². The van der Waals surface area contributed by atoms with Gasteiger partial charge in [-0.2, -0.15) is 0 Å². The van der Waals surface area contributed by atoms with Crippen molar-refractivity contribution in [2.24, 2.45) is 0 Å². The number of aryl methyl sites for hydroxylation is 1. The van der Waals surface area contributed by atoms with Gasteiger partial charge < -0.3 is 10.1 Å². The van der Waals surface area contributed by atoms with Crippen molar-refractivity contribution in [3.63, 3.8) is 0 Å². The van der Waals surface area contributed by atoms with Crippen LogP contribution in [0.1, 0.15) is 18.1 Å². The molecular weight excluding hydrogens is 330 g/mol. The fourth-order valence-electron chi connectivity index (χ4n) is 1.87. The summed E-state index contributed by atoms with van der Waals surface area (Å²) >= 11 is 3.46. The molecule has 0 fully saturated rings. The molecule has 2 aromatic carbocycles. The number of halogens is 1. The molecule has 1 amide bonds. The number of amides is 1. The van der Waals surface area contributed by atoms with Gasteiger partial charge in [0.1, 0.15) is 5.75 Å². The summed E-state index contributed by atoms with van der Waals surface area (Å²) in [7, 11) is 0. The molecule has 0 aliphatic carbocycles. The predicted octanol–water partition coefficient (Wildman–Crippen LogP) is 3.71. The zero-order valence-electron chi connectivity index (χ0n) is 11.9. The third kappa shape index (κ3) is 4.90. The number of hydrogen-bond donors (Lipinski definition) is 1. The quantitative estimate of drug-likeness (QED) is 0.864. The van der Waals surface area contributed by atoms with Crippen molar-refractivity contribution in [2.45, 2.75) is 19.9 Å². The summed E-state index contributed by atoms with van der Waals surface area (Å²) in [6, 6.07) is 15.7. The highest BCUT2D eigenvalue weighted by Gasteiger charge is 2.06. The van der Waals surface area contributed by atoms with E-state index < -0.39 is 0 Å². The third-order valence-electron chi connectivity index (χ3n) is 3.10. The minimum atomic E-state index is -0.134. The zero-order valence-corrected chi connectivity index (χ0v) is 13.5. The van der Waals surface area contributed by atoms with E-state index >= 15 is 0 Å². The topological polar surface area (TPSA) is 38.3 Å². The number of ether oxygens (including phenoxy) is 1. The monoisotopic (exact) mass is 347 g/mol. The maximum atomic E-state index is 11.8. The highest BCUT2D eigenvalue weighted by molar-refractivity contribution is 9.10. The summed E-state index contributed by atoms with van der Waals surface area (Å²) < 4.78 is 6.40. The average Bonchev–Trinajstić information content (AvgIpc) is 2.52. The van der Waals surface area contributed by atoms with Crippen LogP contribution in [-0.4, -0.2) is 12.5 Å². The Labute approximate surface area is 133 Å². The molecule has 0 heterocycles. The minimum absolute atomic E-state index is 0.0108. The standard InChI is InChI=1S/C17H18BrNO2/c1-2-13-8-9-16(15(18)10-13)21-12-17(20)19-11-14-6-4-3-5-7-14/h3-10H,2,11-12H2,1H3,(H,19,20). The number of rotatable bonds is 6. The molecule has 0 saturated carbocycles. The normalized spacial score (nSPS) is 10.2. The minimum Gasteiger partial charge on any atom is -0.483 e. The molecule has 1 N–H and O–H groups in total. The van der Waals surface area contributed by atoms with Crippen molar-refractivity contribution in [3.8, 4) is 5.75 Å². The van der Waals surface area contributed by atoms with Crippen LogP contribution in [0.5, 0.6) is 5.75 Å². The zero-order chi connectivity index (χ0) is 15.1. The molecule has 110 valence electrons. The van der Waals surface area contributed by atoms with Gasteiger partial charge in [0.15, 0.2) is 6.61 Å². The summed E-state index contributed by atoms with van der Waals surface area (Å²) in [5.74, 6) is 0.549. The fraction of sp³-hybridized carbons (Fsp3) is 0.235. The largest absolute Gasteiger partial charge is 0.483 e. The van der Waals surface area contributed by atoms with Gasteiger partial charge in [-0.25, -0.2) is 0 Å². The van der Waals surface area contributed by atoms with Crippen molar-refractivity contribution < 1.29 is 9.53 Å². The molecule has 0 aromatic heterocycles. The average molecular weight is 348 g/mol. The molecule has 0 aliphatic heterocycles. The molecule has 0 bridgehead atoms. The van der Waals surface area contributed by atoms with E-state index in [1.807, 2.05) is 48.5 Å². The fourth-order valence-corrected chi connectivity index (χ4v) is 2.41. The lowest BCUT2D eigenvalue weighted by atomic mass is 10.2. The van der Waals surface area contributed by atoms with Gasteiger partial charge in [-0.3, -0.25) is 4.79 Å². The Kier molecular flexibility index (Phi) is 5.81. The summed E-state index contributed by atoms with van der Waals surface area (Å²) in [4.78, 5) is 11.8. The third-order valence-corrected chi connectivity index (χ3v) is 3.72. The maximum Gasteiger partial charge on any atom is 0.258 e. The van der Waals surface area contributed by atoms with Crippen LogP contribution in [0.3, 0.4) is 0 Å². The predicted molar refractivity (Wildman–Crippen MR) is 87.3 cm³/mol. The first-order chi connectivity index (χ1) is 10.2. The Hall–Kier alpha value is -1.81. The van der Waals surface area contributed by atoms with E-state index in [9.17, 15) is 4.79 Å². The number of carbonyl (C=O) groups excluding carboxylic acids is 1. The van der Waals surface area contributed by atoms with Gasteiger partial charge in [0.2, 0.25) is 0 Å². The molecule has 0 spiro atoms. The number of benzene rings is 2. The molecular formula is C17H18BrNO2. The highest BCUT2D eigenvalue weighted by atomic mass is 79.9. The number of nitrogens with one attached hydrogen (secondary N) is 1. The van der Waals surface area contributed by atoms with Crippen LogP contribution in [0.4, 0.5) is 0 Å². The lowest BCUT2D eigenvalue weighted by molar-refractivity contribution is -0.123. The Morgan fingerprint density at radius 3 is 2.57 bits per heavy atom. The molecule has 2 rings (SSSR count). The molecule has 3 nitrogen and oxygen atoms in total. The second-order valence-corrected chi connectivity index (χ2v) is 5.52. The van der Waals surface area contributed by atoms with Crippen LogP contribution in [-0.2, 0) is 17.8 Å². The molecule has 0 atom stereocenters. The van der Waals surface area contributed by atoms with Crippen LogP contribution < -0.4 is 10.1 Å². The lowest BCUT2D eigenvalue weighted by Gasteiger charge is -2.10. The first-order valence-electron chi connectivity index (χ1n) is 6.91. The van der Waals surface area contributed by atoms with Crippen LogP contribution in [0.2, 0.25) is 0 Å². The molecule has 4 heteroatoms. The van der Waals surface area contributed by atoms with E-state index in [0.29, 0.717) is 12.3 Å². The van der Waals surface area contributed by atoms with E-state index in [0.717, 1.165) is 16.5 Å². The van der Waals surface area contributed by atoms with E-state index in [4.69, 9.17) is 4.74 Å². The lowest BCUT2D eigenvalue weighted by Crippen LogP contribution is -2.28. The summed E-state index contributed by atoms with van der Waals surface area (Å²) in [6.07, 6.45) is 0.969. The van der Waals surface area contributed by atoms with E-state index in [-0.39, 0.29) is 12.5 Å². The van der Waals surface area contributed by atoms with Crippen molar-refractivity contribution in [3.05, 3.63) is 64.1 Å². The van der Waals surface area contributed by atoms with Gasteiger partial charge in [-0.15, -0.1) is 0 Å². The van der Waals surface area contributed by atoms with Crippen molar-refractivity contribution in [2.75, 3.05) is 6.61 Å². The molecule has 0 aliphatic rings. The molecule has 0 saturated heterocycles. The van der Waals surface area contributed by atoms with E-state index in [2.05, 4.69) is 28.2 Å². The molecule has 21 heavy (non-hydrogen) atoms. The maximum absolute atomic E-state index is 11.8. The van der Waals surface area contributed by atoms with Gasteiger partial charge in [-0.1, -0.05) is 43.3 Å². The van der Waals surface area contributed by atoms with Crippen molar-refractivity contribution >= 4 is 21.8 Å². The van der Waals surface area contributed by atoms with Crippen molar-refractivity contribution in [1.29, 1.82) is 0 Å². The molecule has 0 radical (unpaired) electrons. The SMILES string of the molecule is CCc1ccc(OCC(=O)NCc2ccccc2)c(Br)c1. The first-order valence-corrected chi connectivity index (χ1v) is 7.70. The number of carbonyl (C=O) groups is 1. The van der Waals surface area contributed by atoms with Crippen molar-refractivity contribution in [1.82, 2.24) is 5.32 Å². The van der Waals surface area contributed by atoms with Gasteiger partial charge in [0.25, 0.3) is 5.91 Å². The summed E-state index contributed by atoms with van der Waals surface area (Å²) in [5, 5.41) is 2.83. The Bertz CT molecular complexity index is 599. The van der Waals surface area contributed by atoms with Gasteiger partial charge >= 0.3 is 0 Å². The van der Waals surface area contributed by atoms with Crippen LogP contribution in [0, 0.1) is 0 Å². The second kappa shape index (κ2) is 7.84. The first kappa shape index (κ1) is 15.6. The highest BCUT2D eigenvalue weighted by Crippen LogP contribution is 2.26. The van der Waals surface area contributed by atoms with Gasteiger partial charge in [0, 0.05) is 6.54 Å². The Balaban J connectivity index is 1.81. The second-order valence-electron chi connectivity index (χ2n) is 4.67. The number of hydrogen-bond acceptors (Lipinski definition) is 2. The van der Waals surface area contributed by atoms with E-state index in [1.54, 1.807) is 0 Å². The summed E-state index contributed by atoms with van der Waals surface area (Å²) in [5.41, 5.74) is 2.29. The van der Waals surface area contributed by atoms with Crippen LogP contribution in [0.25, 0.3) is 0 Å². The smallest absolute Gasteiger partial charge is 0.258 e. The van der Waals surface area contributed by atoms with Crippen LogP contribution in [0.15, 0.2) is 53.0 Å². The molecule has 0 unspecified atom stereocenters. The molecule has 2 aromatic rings. The Morgan fingerprint density at radius 2 is 1.90 bits per heavy atom.